The monoisotopic (exact) mass is 225 g/mol. The van der Waals surface area contributed by atoms with Gasteiger partial charge in [-0.3, -0.25) is 4.68 Å². The molecule has 0 saturated carbocycles. The molecule has 1 aromatic heterocycles. The molecule has 6 heteroatoms. The second-order valence-electron chi connectivity index (χ2n) is 4.01. The fourth-order valence-electron chi connectivity index (χ4n) is 2.02. The number of piperidine rings is 1. The molecule has 0 aromatic carbocycles. The van der Waals surface area contributed by atoms with Crippen LogP contribution in [0, 0.1) is 0 Å². The summed E-state index contributed by atoms with van der Waals surface area (Å²) >= 11 is 0. The molecule has 0 bridgehead atoms. The molecule has 1 saturated heterocycles. The van der Waals surface area contributed by atoms with Crippen LogP contribution in [0.5, 0.6) is 5.75 Å². The van der Waals surface area contributed by atoms with E-state index in [1.54, 1.807) is 0 Å². The number of nitrogens with zero attached hydrogens (tertiary/aromatic N) is 2. The van der Waals surface area contributed by atoms with Crippen molar-refractivity contribution in [2.24, 2.45) is 0 Å². The molecule has 1 unspecified atom stereocenters. The molecule has 2 rings (SSSR count). The Morgan fingerprint density at radius 2 is 2.44 bits per heavy atom. The first-order valence-corrected chi connectivity index (χ1v) is 5.40. The van der Waals surface area contributed by atoms with Gasteiger partial charge in [0.1, 0.15) is 0 Å². The van der Waals surface area contributed by atoms with Gasteiger partial charge in [0, 0.05) is 6.04 Å². The Hall–Kier alpha value is -1.56. The summed E-state index contributed by atoms with van der Waals surface area (Å²) in [5.74, 6) is -1.42. The van der Waals surface area contributed by atoms with E-state index in [-0.39, 0.29) is 17.5 Å². The first-order chi connectivity index (χ1) is 7.68. The summed E-state index contributed by atoms with van der Waals surface area (Å²) in [7, 11) is 0. The van der Waals surface area contributed by atoms with Crippen molar-refractivity contribution >= 4 is 5.97 Å². The van der Waals surface area contributed by atoms with Gasteiger partial charge < -0.3 is 15.5 Å². The zero-order chi connectivity index (χ0) is 11.5. The molecule has 1 aromatic rings. The number of hydrogen-bond acceptors (Lipinski definition) is 4. The summed E-state index contributed by atoms with van der Waals surface area (Å²) in [6.45, 7) is 1.45. The Kier molecular flexibility index (Phi) is 3.09. The molecule has 0 aliphatic carbocycles. The van der Waals surface area contributed by atoms with Crippen molar-refractivity contribution in [1.82, 2.24) is 15.1 Å². The van der Waals surface area contributed by atoms with E-state index in [1.165, 1.54) is 10.9 Å². The van der Waals surface area contributed by atoms with Crippen LogP contribution in [0.15, 0.2) is 6.20 Å². The standard InChI is InChI=1S/C10H15N3O3/c14-8-5-12-13(9(8)10(15)16)6-7-3-1-2-4-11-7/h5,7,11,14H,1-4,6H2,(H,15,16). The summed E-state index contributed by atoms with van der Waals surface area (Å²) in [6.07, 6.45) is 4.49. The van der Waals surface area contributed by atoms with E-state index in [0.717, 1.165) is 25.8 Å². The quantitative estimate of drug-likeness (QED) is 0.694. The van der Waals surface area contributed by atoms with Gasteiger partial charge in [0.15, 0.2) is 11.4 Å². The van der Waals surface area contributed by atoms with E-state index < -0.39 is 5.97 Å². The van der Waals surface area contributed by atoms with Gasteiger partial charge in [-0.15, -0.1) is 0 Å². The van der Waals surface area contributed by atoms with E-state index >= 15 is 0 Å². The molecule has 1 fully saturated rings. The zero-order valence-electron chi connectivity index (χ0n) is 8.89. The number of carboxylic acid groups (broad SMARTS) is 1. The lowest BCUT2D eigenvalue weighted by molar-refractivity contribution is 0.0678. The first kappa shape index (κ1) is 10.9. The maximum Gasteiger partial charge on any atom is 0.358 e. The number of carboxylic acids is 1. The number of aromatic hydroxyl groups is 1. The van der Waals surface area contributed by atoms with Crippen LogP contribution in [0.2, 0.25) is 0 Å². The highest BCUT2D eigenvalue weighted by molar-refractivity contribution is 5.88. The molecule has 1 aliphatic heterocycles. The van der Waals surface area contributed by atoms with Crippen LogP contribution in [-0.4, -0.2) is 38.5 Å². The van der Waals surface area contributed by atoms with Crippen LogP contribution in [0.25, 0.3) is 0 Å². The van der Waals surface area contributed by atoms with Gasteiger partial charge >= 0.3 is 5.97 Å². The fourth-order valence-corrected chi connectivity index (χ4v) is 2.02. The molecular formula is C10H15N3O3. The predicted octanol–water partition coefficient (Wildman–Crippen LogP) is 0.429. The lowest BCUT2D eigenvalue weighted by atomic mass is 10.1. The van der Waals surface area contributed by atoms with Crippen molar-refractivity contribution in [1.29, 1.82) is 0 Å². The molecule has 88 valence electrons. The number of hydrogen-bond donors (Lipinski definition) is 3. The average Bonchev–Trinajstić information content (AvgIpc) is 2.61. The Balaban J connectivity index is 2.11. The third kappa shape index (κ3) is 2.16. The molecule has 0 amide bonds. The van der Waals surface area contributed by atoms with Gasteiger partial charge in [0.2, 0.25) is 0 Å². The smallest absolute Gasteiger partial charge is 0.358 e. The molecular weight excluding hydrogens is 210 g/mol. The Morgan fingerprint density at radius 1 is 1.62 bits per heavy atom. The minimum atomic E-state index is -1.15. The largest absolute Gasteiger partial charge is 0.504 e. The van der Waals surface area contributed by atoms with Crippen LogP contribution in [0.3, 0.4) is 0 Å². The Bertz CT molecular complexity index is 383. The highest BCUT2D eigenvalue weighted by Crippen LogP contribution is 2.17. The van der Waals surface area contributed by atoms with Crippen molar-refractivity contribution in [2.75, 3.05) is 6.54 Å². The van der Waals surface area contributed by atoms with Crippen LogP contribution in [0.1, 0.15) is 29.8 Å². The molecule has 6 nitrogen and oxygen atoms in total. The lowest BCUT2D eigenvalue weighted by Gasteiger charge is -2.23. The van der Waals surface area contributed by atoms with Crippen LogP contribution in [-0.2, 0) is 6.54 Å². The molecule has 2 heterocycles. The molecule has 0 spiro atoms. The van der Waals surface area contributed by atoms with Gasteiger partial charge in [0.25, 0.3) is 0 Å². The van der Waals surface area contributed by atoms with Gasteiger partial charge in [0.05, 0.1) is 12.7 Å². The molecule has 1 aliphatic rings. The minimum Gasteiger partial charge on any atom is -0.504 e. The van der Waals surface area contributed by atoms with Crippen molar-refractivity contribution in [2.45, 2.75) is 31.8 Å². The summed E-state index contributed by atoms with van der Waals surface area (Å²) in [4.78, 5) is 10.9. The second kappa shape index (κ2) is 4.52. The van der Waals surface area contributed by atoms with E-state index in [4.69, 9.17) is 5.11 Å². The van der Waals surface area contributed by atoms with E-state index in [1.807, 2.05) is 0 Å². The topological polar surface area (TPSA) is 87.4 Å². The maximum absolute atomic E-state index is 10.9. The van der Waals surface area contributed by atoms with Crippen molar-refractivity contribution in [3.63, 3.8) is 0 Å². The summed E-state index contributed by atoms with van der Waals surface area (Å²) < 4.78 is 1.35. The SMILES string of the molecule is O=C(O)c1c(O)cnn1CC1CCCCN1. The summed E-state index contributed by atoms with van der Waals surface area (Å²) in [5, 5.41) is 25.5. The zero-order valence-corrected chi connectivity index (χ0v) is 8.89. The Morgan fingerprint density at radius 3 is 3.06 bits per heavy atom. The van der Waals surface area contributed by atoms with E-state index in [2.05, 4.69) is 10.4 Å². The first-order valence-electron chi connectivity index (χ1n) is 5.40. The molecule has 0 radical (unpaired) electrons. The van der Waals surface area contributed by atoms with Gasteiger partial charge in [-0.2, -0.15) is 5.10 Å². The molecule has 1 atom stereocenters. The number of rotatable bonds is 3. The van der Waals surface area contributed by atoms with Crippen LogP contribution < -0.4 is 5.32 Å². The maximum atomic E-state index is 10.9. The van der Waals surface area contributed by atoms with Crippen molar-refractivity contribution in [3.8, 4) is 5.75 Å². The number of nitrogens with one attached hydrogen (secondary N) is 1. The summed E-state index contributed by atoms with van der Waals surface area (Å²) in [5.41, 5.74) is -0.132. The number of carbonyl (C=O) groups is 1. The summed E-state index contributed by atoms with van der Waals surface area (Å²) in [6, 6.07) is 0.242. The Labute approximate surface area is 92.9 Å². The average molecular weight is 225 g/mol. The molecule has 16 heavy (non-hydrogen) atoms. The van der Waals surface area contributed by atoms with Crippen molar-refractivity contribution in [3.05, 3.63) is 11.9 Å². The highest BCUT2D eigenvalue weighted by Gasteiger charge is 2.20. The van der Waals surface area contributed by atoms with E-state index in [0.29, 0.717) is 6.54 Å². The normalized spacial score (nSPS) is 20.9. The third-order valence-corrected chi connectivity index (χ3v) is 2.83. The second-order valence-corrected chi connectivity index (χ2v) is 4.01. The van der Waals surface area contributed by atoms with Crippen LogP contribution in [0.4, 0.5) is 0 Å². The number of aromatic nitrogens is 2. The van der Waals surface area contributed by atoms with Crippen molar-refractivity contribution < 1.29 is 15.0 Å². The predicted molar refractivity (Wildman–Crippen MR) is 56.5 cm³/mol. The minimum absolute atomic E-state index is 0.132. The fraction of sp³-hybridized carbons (Fsp3) is 0.600. The highest BCUT2D eigenvalue weighted by atomic mass is 16.4. The lowest BCUT2D eigenvalue weighted by Crippen LogP contribution is -2.38. The van der Waals surface area contributed by atoms with Crippen LogP contribution >= 0.6 is 0 Å². The molecule has 3 N–H and O–H groups in total. The number of aromatic carboxylic acids is 1. The van der Waals surface area contributed by atoms with Gasteiger partial charge in [-0.25, -0.2) is 4.79 Å². The van der Waals surface area contributed by atoms with E-state index in [9.17, 15) is 9.90 Å². The van der Waals surface area contributed by atoms with Gasteiger partial charge in [-0.1, -0.05) is 6.42 Å². The third-order valence-electron chi connectivity index (χ3n) is 2.83. The van der Waals surface area contributed by atoms with Gasteiger partial charge in [-0.05, 0) is 19.4 Å².